The number of fused-ring (bicyclic) bond motifs is 7. The Bertz CT molecular complexity index is 1970. The van der Waals surface area contributed by atoms with E-state index in [9.17, 15) is 0 Å². The molecule has 0 N–H and O–H groups in total. The van der Waals surface area contributed by atoms with Crippen LogP contribution in [-0.2, 0) is 5.60 Å². The highest BCUT2D eigenvalue weighted by Crippen LogP contribution is 2.75. The number of allylic oxidation sites excluding steroid dienone is 5. The van der Waals surface area contributed by atoms with Crippen molar-refractivity contribution in [3.05, 3.63) is 128 Å². The fourth-order valence-electron chi connectivity index (χ4n) is 7.33. The van der Waals surface area contributed by atoms with Crippen molar-refractivity contribution in [2.24, 2.45) is 0 Å². The predicted octanol–water partition coefficient (Wildman–Crippen LogP) is 10.5. The van der Waals surface area contributed by atoms with Crippen LogP contribution in [-0.4, -0.2) is 27.3 Å². The lowest BCUT2D eigenvalue weighted by molar-refractivity contribution is -0.258. The van der Waals surface area contributed by atoms with Crippen molar-refractivity contribution in [3.63, 3.8) is 0 Å². The number of rotatable bonds is 2. The summed E-state index contributed by atoms with van der Waals surface area (Å²) < 4.78 is 97.0. The quantitative estimate of drug-likeness (QED) is 0.259. The lowest BCUT2D eigenvalue weighted by Crippen LogP contribution is -2.49. The van der Waals surface area contributed by atoms with Gasteiger partial charge in [-0.1, -0.05) is 60.7 Å². The molecule has 3 heterocycles. The van der Waals surface area contributed by atoms with Crippen molar-refractivity contribution in [2.45, 2.75) is 53.6 Å². The second-order valence-corrected chi connectivity index (χ2v) is 15.2. The van der Waals surface area contributed by atoms with E-state index < -0.39 is 44.0 Å². The van der Waals surface area contributed by atoms with Crippen LogP contribution in [0.5, 0.6) is 5.75 Å². The van der Waals surface area contributed by atoms with Gasteiger partial charge in [-0.15, -0.1) is 23.5 Å². The third-order valence-corrected chi connectivity index (χ3v) is 13.0. The van der Waals surface area contributed by atoms with E-state index in [1.165, 1.54) is 35.7 Å². The number of hydrogen-bond donors (Lipinski definition) is 0. The van der Waals surface area contributed by atoms with Crippen molar-refractivity contribution in [1.82, 2.24) is 0 Å². The molecular formula is C35H24F6OS2. The first-order chi connectivity index (χ1) is 20.7. The van der Waals surface area contributed by atoms with E-state index in [4.69, 9.17) is 4.74 Å². The summed E-state index contributed by atoms with van der Waals surface area (Å²) >= 11 is 2.46. The van der Waals surface area contributed by atoms with Gasteiger partial charge in [0.1, 0.15) is 5.75 Å². The van der Waals surface area contributed by atoms with Crippen LogP contribution in [0.3, 0.4) is 0 Å². The molecule has 5 aliphatic rings. The molecule has 0 radical (unpaired) electrons. The minimum atomic E-state index is -5.59. The summed E-state index contributed by atoms with van der Waals surface area (Å²) in [7, 11) is 0. The molecule has 0 saturated heterocycles. The average Bonchev–Trinajstić information content (AvgIpc) is 3.55. The van der Waals surface area contributed by atoms with Crippen molar-refractivity contribution < 1.29 is 31.1 Å². The SMILES string of the molecule is CC1=CC2=C3C(=C4C=C(C5(c6ccccc6)C=Cc6c(ccc7ccccc67)O5)S[C@]4(C)[C@@]2(C)S1)C(F)(F)C(F)(F)C3(F)F. The molecule has 0 amide bonds. The maximum Gasteiger partial charge on any atom is 0.380 e. The van der Waals surface area contributed by atoms with Gasteiger partial charge in [-0.25, -0.2) is 0 Å². The molecule has 9 heteroatoms. The van der Waals surface area contributed by atoms with Crippen molar-refractivity contribution in [1.29, 1.82) is 0 Å². The van der Waals surface area contributed by atoms with Crippen LogP contribution in [0.15, 0.2) is 117 Å². The lowest BCUT2D eigenvalue weighted by atomic mass is 9.71. The maximum atomic E-state index is 15.7. The molecule has 0 bridgehead atoms. The second-order valence-electron chi connectivity index (χ2n) is 12.1. The molecule has 1 unspecified atom stereocenters. The van der Waals surface area contributed by atoms with Gasteiger partial charge in [0, 0.05) is 27.2 Å². The van der Waals surface area contributed by atoms with Crippen LogP contribution in [0.4, 0.5) is 26.3 Å². The molecule has 0 aromatic heterocycles. The van der Waals surface area contributed by atoms with E-state index in [-0.39, 0.29) is 11.1 Å². The van der Waals surface area contributed by atoms with E-state index in [1.807, 2.05) is 78.9 Å². The van der Waals surface area contributed by atoms with Crippen LogP contribution >= 0.6 is 23.5 Å². The molecule has 44 heavy (non-hydrogen) atoms. The van der Waals surface area contributed by atoms with Gasteiger partial charge in [0.25, 0.3) is 0 Å². The van der Waals surface area contributed by atoms with Gasteiger partial charge in [-0.2, -0.15) is 26.3 Å². The first-order valence-corrected chi connectivity index (χ1v) is 15.7. The van der Waals surface area contributed by atoms with E-state index in [0.29, 0.717) is 21.1 Å². The van der Waals surface area contributed by atoms with Crippen molar-refractivity contribution >= 4 is 40.4 Å². The van der Waals surface area contributed by atoms with E-state index in [0.717, 1.165) is 16.3 Å². The Morgan fingerprint density at radius 1 is 0.682 bits per heavy atom. The van der Waals surface area contributed by atoms with E-state index in [2.05, 4.69) is 0 Å². The summed E-state index contributed by atoms with van der Waals surface area (Å²) in [5.41, 5.74) is -2.72. The smallest absolute Gasteiger partial charge is 0.380 e. The molecule has 3 aromatic rings. The Morgan fingerprint density at radius 3 is 2.00 bits per heavy atom. The Labute approximate surface area is 258 Å². The normalized spacial score (nSPS) is 32.1. The highest BCUT2D eigenvalue weighted by molar-refractivity contribution is 8.09. The van der Waals surface area contributed by atoms with Crippen molar-refractivity contribution in [2.75, 3.05) is 0 Å². The second kappa shape index (κ2) is 8.49. The Kier molecular flexibility index (Phi) is 5.44. The van der Waals surface area contributed by atoms with Gasteiger partial charge in [0.05, 0.1) is 9.49 Å². The first-order valence-electron chi connectivity index (χ1n) is 14.1. The van der Waals surface area contributed by atoms with Crippen LogP contribution in [0.2, 0.25) is 0 Å². The molecule has 1 nitrogen and oxygen atoms in total. The zero-order chi connectivity index (χ0) is 31.1. The summed E-state index contributed by atoms with van der Waals surface area (Å²) in [5.74, 6) is -15.2. The number of alkyl halides is 6. The molecule has 8 rings (SSSR count). The van der Waals surface area contributed by atoms with Gasteiger partial charge in [0.15, 0.2) is 5.60 Å². The third-order valence-electron chi connectivity index (χ3n) is 9.70. The Balaban J connectivity index is 1.41. The topological polar surface area (TPSA) is 9.23 Å². The largest absolute Gasteiger partial charge is 0.472 e. The standard InChI is InChI=1S/C35H24F6OS2/c1-19-17-24-28-29(34(38,39)35(40,41)33(28,36)37)25-18-27(44-31(25,3)30(24,2)43-19)32(21-10-5-4-6-11-21)16-15-23-22-12-8-7-9-20(22)13-14-26(23)42-32/h4-18H,1-3H3/t30-,31-,32?/m0/s1. The molecule has 1 saturated carbocycles. The Morgan fingerprint density at radius 2 is 1.30 bits per heavy atom. The van der Waals surface area contributed by atoms with Crippen LogP contribution in [0, 0.1) is 0 Å². The number of benzene rings is 3. The fourth-order valence-corrected chi connectivity index (χ4v) is 10.5. The van der Waals surface area contributed by atoms with Crippen LogP contribution in [0.25, 0.3) is 16.8 Å². The van der Waals surface area contributed by atoms with E-state index in [1.54, 1.807) is 20.8 Å². The van der Waals surface area contributed by atoms with Gasteiger partial charge in [-0.05, 0) is 78.0 Å². The monoisotopic (exact) mass is 638 g/mol. The Hall–Kier alpha value is -3.30. The van der Waals surface area contributed by atoms with Gasteiger partial charge < -0.3 is 4.74 Å². The fraction of sp³-hybridized carbons (Fsp3) is 0.257. The van der Waals surface area contributed by atoms with Gasteiger partial charge in [0.2, 0.25) is 0 Å². The van der Waals surface area contributed by atoms with Gasteiger partial charge >= 0.3 is 17.8 Å². The number of hydrogen-bond acceptors (Lipinski definition) is 3. The molecule has 0 spiro atoms. The number of halogens is 6. The summed E-state index contributed by atoms with van der Waals surface area (Å²) in [6.07, 6.45) is 6.56. The summed E-state index contributed by atoms with van der Waals surface area (Å²) in [4.78, 5) is 1.04. The minimum Gasteiger partial charge on any atom is -0.472 e. The van der Waals surface area contributed by atoms with Crippen molar-refractivity contribution in [3.8, 4) is 5.75 Å². The molecule has 1 fully saturated rings. The van der Waals surface area contributed by atoms with Crippen LogP contribution in [0.1, 0.15) is 31.9 Å². The zero-order valence-electron chi connectivity index (χ0n) is 23.7. The molecule has 2 aliphatic carbocycles. The highest BCUT2D eigenvalue weighted by atomic mass is 32.2. The number of ether oxygens (including phenoxy) is 1. The van der Waals surface area contributed by atoms with Gasteiger partial charge in [-0.3, -0.25) is 0 Å². The number of thioether (sulfide) groups is 2. The molecule has 3 aliphatic heterocycles. The predicted molar refractivity (Wildman–Crippen MR) is 164 cm³/mol. The molecule has 3 aromatic carbocycles. The first kappa shape index (κ1) is 28.2. The maximum absolute atomic E-state index is 15.7. The summed E-state index contributed by atoms with van der Waals surface area (Å²) in [6.45, 7) is 5.06. The average molecular weight is 639 g/mol. The molecular weight excluding hydrogens is 615 g/mol. The highest BCUT2D eigenvalue weighted by Gasteiger charge is 2.84. The summed E-state index contributed by atoms with van der Waals surface area (Å²) in [5, 5.41) is 1.98. The third kappa shape index (κ3) is 3.12. The minimum absolute atomic E-state index is 0.170. The zero-order valence-corrected chi connectivity index (χ0v) is 25.3. The summed E-state index contributed by atoms with van der Waals surface area (Å²) in [6, 6.07) is 20.8. The molecule has 224 valence electrons. The molecule has 3 atom stereocenters. The lowest BCUT2D eigenvalue weighted by Gasteiger charge is -2.47. The van der Waals surface area contributed by atoms with Crippen LogP contribution < -0.4 is 4.74 Å². The van der Waals surface area contributed by atoms with E-state index >= 15 is 26.3 Å².